The number of anilines is 1. The van der Waals surface area contributed by atoms with Crippen LogP contribution < -0.4 is 10.2 Å². The summed E-state index contributed by atoms with van der Waals surface area (Å²) in [5.74, 6) is -0.259. The van der Waals surface area contributed by atoms with Gasteiger partial charge in [-0.3, -0.25) is 9.69 Å². The van der Waals surface area contributed by atoms with E-state index in [1.54, 1.807) is 32.9 Å². The quantitative estimate of drug-likeness (QED) is 0.583. The van der Waals surface area contributed by atoms with E-state index in [9.17, 15) is 22.8 Å². The molecular weight excluding hydrogens is 451 g/mol. The number of nitrogens with one attached hydrogen (secondary N) is 1. The van der Waals surface area contributed by atoms with E-state index in [4.69, 9.17) is 4.74 Å². The van der Waals surface area contributed by atoms with Gasteiger partial charge in [0.1, 0.15) is 17.1 Å². The van der Waals surface area contributed by atoms with Crippen LogP contribution in [0.25, 0.3) is 5.69 Å². The zero-order valence-corrected chi connectivity index (χ0v) is 19.1. The van der Waals surface area contributed by atoms with Crippen LogP contribution in [0, 0.1) is 0 Å². The number of hydrogen-bond donors (Lipinski definition) is 1. The minimum Gasteiger partial charge on any atom is -0.443 e. The molecule has 8 nitrogen and oxygen atoms in total. The maximum Gasteiger partial charge on any atom is 0.416 e. The largest absolute Gasteiger partial charge is 0.443 e. The van der Waals surface area contributed by atoms with E-state index in [0.29, 0.717) is 5.56 Å². The van der Waals surface area contributed by atoms with E-state index < -0.39 is 29.3 Å². The van der Waals surface area contributed by atoms with Crippen LogP contribution in [0.15, 0.2) is 54.9 Å². The van der Waals surface area contributed by atoms with Gasteiger partial charge < -0.3 is 10.1 Å². The van der Waals surface area contributed by atoms with E-state index in [2.05, 4.69) is 15.4 Å². The van der Waals surface area contributed by atoms with Crippen LogP contribution in [-0.2, 0) is 17.5 Å². The normalized spacial score (nSPS) is 11.7. The molecule has 2 aromatic heterocycles. The Morgan fingerprint density at radius 2 is 1.82 bits per heavy atom. The monoisotopic (exact) mass is 475 g/mol. The predicted octanol–water partition coefficient (Wildman–Crippen LogP) is 4.59. The fourth-order valence-electron chi connectivity index (χ4n) is 2.85. The van der Waals surface area contributed by atoms with Crippen molar-refractivity contribution in [3.63, 3.8) is 0 Å². The Morgan fingerprint density at radius 1 is 1.12 bits per heavy atom. The molecular formula is C23H24F3N5O3. The molecule has 0 unspecified atom stereocenters. The van der Waals surface area contributed by atoms with Crippen molar-refractivity contribution < 1.29 is 27.5 Å². The van der Waals surface area contributed by atoms with Crippen molar-refractivity contribution in [2.45, 2.75) is 39.1 Å². The molecule has 1 N–H and O–H groups in total. The third-order valence-electron chi connectivity index (χ3n) is 4.51. The van der Waals surface area contributed by atoms with Crippen molar-refractivity contribution in [3.05, 3.63) is 71.7 Å². The molecule has 0 aliphatic heterocycles. The second kappa shape index (κ2) is 9.54. The molecule has 0 bridgehead atoms. The zero-order valence-electron chi connectivity index (χ0n) is 19.1. The summed E-state index contributed by atoms with van der Waals surface area (Å²) in [4.78, 5) is 30.2. The molecule has 34 heavy (non-hydrogen) atoms. The van der Waals surface area contributed by atoms with Gasteiger partial charge in [-0.05, 0) is 51.1 Å². The van der Waals surface area contributed by atoms with E-state index in [1.807, 2.05) is 0 Å². The summed E-state index contributed by atoms with van der Waals surface area (Å²) >= 11 is 0. The fraction of sp³-hybridized carbons (Fsp3) is 0.304. The van der Waals surface area contributed by atoms with Crippen LogP contribution in [0.2, 0.25) is 0 Å². The molecule has 180 valence electrons. The van der Waals surface area contributed by atoms with E-state index >= 15 is 0 Å². The number of carbonyl (C=O) groups is 2. The van der Waals surface area contributed by atoms with Gasteiger partial charge >= 0.3 is 12.3 Å². The van der Waals surface area contributed by atoms with Gasteiger partial charge in [0.05, 0.1) is 17.4 Å². The van der Waals surface area contributed by atoms with Crippen LogP contribution >= 0.6 is 0 Å². The fourth-order valence-corrected chi connectivity index (χ4v) is 2.85. The van der Waals surface area contributed by atoms with Crippen LogP contribution in [-0.4, -0.2) is 39.4 Å². The van der Waals surface area contributed by atoms with Crippen molar-refractivity contribution in [1.82, 2.24) is 20.1 Å². The van der Waals surface area contributed by atoms with E-state index in [1.165, 1.54) is 47.2 Å². The average Bonchev–Trinajstić information content (AvgIpc) is 3.24. The van der Waals surface area contributed by atoms with Crippen molar-refractivity contribution in [2.75, 3.05) is 11.9 Å². The number of rotatable bonds is 5. The smallest absolute Gasteiger partial charge is 0.416 e. The van der Waals surface area contributed by atoms with Crippen molar-refractivity contribution in [2.24, 2.45) is 0 Å². The number of alkyl halides is 3. The number of carbonyl (C=O) groups excluding carboxylic acids is 2. The first-order valence-electron chi connectivity index (χ1n) is 10.3. The molecule has 3 rings (SSSR count). The topological polar surface area (TPSA) is 89.4 Å². The Labute approximate surface area is 194 Å². The lowest BCUT2D eigenvalue weighted by Crippen LogP contribution is -2.35. The molecule has 0 saturated carbocycles. The highest BCUT2D eigenvalue weighted by molar-refractivity contribution is 5.93. The van der Waals surface area contributed by atoms with Gasteiger partial charge in [-0.25, -0.2) is 14.5 Å². The first-order valence-corrected chi connectivity index (χ1v) is 10.3. The van der Waals surface area contributed by atoms with Crippen LogP contribution in [0.4, 0.5) is 23.8 Å². The molecule has 2 heterocycles. The van der Waals surface area contributed by atoms with Gasteiger partial charge in [0, 0.05) is 25.4 Å². The first-order chi connectivity index (χ1) is 15.8. The Balaban J connectivity index is 1.66. The van der Waals surface area contributed by atoms with Gasteiger partial charge in [-0.1, -0.05) is 12.1 Å². The molecule has 0 spiro atoms. The van der Waals surface area contributed by atoms with Crippen molar-refractivity contribution >= 4 is 17.8 Å². The molecule has 11 heteroatoms. The minimum atomic E-state index is -4.46. The number of pyridine rings is 1. The zero-order chi connectivity index (χ0) is 25.1. The molecule has 0 atom stereocenters. The molecule has 0 aliphatic rings. The summed E-state index contributed by atoms with van der Waals surface area (Å²) in [5, 5.41) is 6.75. The first kappa shape index (κ1) is 24.7. The maximum absolute atomic E-state index is 12.9. The minimum absolute atomic E-state index is 0.0750. The lowest BCUT2D eigenvalue weighted by molar-refractivity contribution is -0.137. The molecule has 0 radical (unpaired) electrons. The third kappa shape index (κ3) is 6.33. The van der Waals surface area contributed by atoms with Gasteiger partial charge in [0.25, 0.3) is 5.91 Å². The van der Waals surface area contributed by atoms with Crippen LogP contribution in [0.3, 0.4) is 0 Å². The number of benzene rings is 1. The molecule has 3 aromatic rings. The van der Waals surface area contributed by atoms with Gasteiger partial charge in [-0.2, -0.15) is 18.3 Å². The number of amides is 2. The lowest BCUT2D eigenvalue weighted by atomic mass is 10.2. The Kier molecular flexibility index (Phi) is 6.94. The summed E-state index contributed by atoms with van der Waals surface area (Å²) in [5.41, 5.74) is -0.561. The Hall–Kier alpha value is -3.89. The Morgan fingerprint density at radius 3 is 2.50 bits per heavy atom. The molecule has 1 aromatic carbocycles. The molecule has 0 aliphatic carbocycles. The van der Waals surface area contributed by atoms with Crippen molar-refractivity contribution in [3.8, 4) is 5.69 Å². The average molecular weight is 475 g/mol. The summed E-state index contributed by atoms with van der Waals surface area (Å²) < 4.78 is 45.4. The number of halogens is 3. The molecule has 2 amide bonds. The molecule has 0 saturated heterocycles. The molecule has 0 fully saturated rings. The SMILES string of the molecule is CN(C(=O)OC(C)(C)C)c1cccc(C(=O)NCc2cnn(-c3cccc(C(F)(F)F)c3)c2)n1. The Bertz CT molecular complexity index is 1180. The third-order valence-corrected chi connectivity index (χ3v) is 4.51. The lowest BCUT2D eigenvalue weighted by Gasteiger charge is -2.24. The van der Waals surface area contributed by atoms with Gasteiger partial charge in [0.15, 0.2) is 0 Å². The van der Waals surface area contributed by atoms with E-state index in [-0.39, 0.29) is 23.7 Å². The highest BCUT2D eigenvalue weighted by atomic mass is 19.4. The number of hydrogen-bond acceptors (Lipinski definition) is 5. The second-order valence-electron chi connectivity index (χ2n) is 8.44. The maximum atomic E-state index is 12.9. The van der Waals surface area contributed by atoms with E-state index in [0.717, 1.165) is 12.1 Å². The van der Waals surface area contributed by atoms with Crippen LogP contribution in [0.5, 0.6) is 0 Å². The summed E-state index contributed by atoms with van der Waals surface area (Å²) in [6.45, 7) is 5.30. The predicted molar refractivity (Wildman–Crippen MR) is 119 cm³/mol. The van der Waals surface area contributed by atoms with Gasteiger partial charge in [0.2, 0.25) is 0 Å². The standard InChI is InChI=1S/C23H24F3N5O3/c1-22(2,3)34-21(33)30(4)19-10-6-9-18(29-19)20(32)27-12-15-13-28-31(14-15)17-8-5-7-16(11-17)23(24,25)26/h5-11,13-14H,12H2,1-4H3,(H,27,32). The number of aromatic nitrogens is 3. The van der Waals surface area contributed by atoms with Crippen LogP contribution in [0.1, 0.15) is 42.4 Å². The number of ether oxygens (including phenoxy) is 1. The van der Waals surface area contributed by atoms with Gasteiger partial charge in [-0.15, -0.1) is 0 Å². The number of nitrogens with zero attached hydrogens (tertiary/aromatic N) is 4. The van der Waals surface area contributed by atoms with Crippen molar-refractivity contribution in [1.29, 1.82) is 0 Å². The highest BCUT2D eigenvalue weighted by Crippen LogP contribution is 2.30. The summed E-state index contributed by atoms with van der Waals surface area (Å²) in [6.07, 6.45) is -2.10. The summed E-state index contributed by atoms with van der Waals surface area (Å²) in [7, 11) is 1.49. The summed E-state index contributed by atoms with van der Waals surface area (Å²) in [6, 6.07) is 9.42. The second-order valence-corrected chi connectivity index (χ2v) is 8.44. The highest BCUT2D eigenvalue weighted by Gasteiger charge is 2.30.